The van der Waals surface area contributed by atoms with E-state index in [1.165, 1.54) is 6.42 Å². The molecule has 1 amide bonds. The number of aliphatic imine (C=N–C) groups is 1. The molecule has 1 aliphatic carbocycles. The summed E-state index contributed by atoms with van der Waals surface area (Å²) in [5, 5.41) is 10.1. The topological polar surface area (TPSA) is 94.1 Å². The molecule has 2 atom stereocenters. The molecule has 6 rings (SSSR count). The Kier molecular flexibility index (Phi) is 7.26. The molecule has 8 nitrogen and oxygen atoms in total. The lowest BCUT2D eigenvalue weighted by atomic mass is 9.67. The molecule has 2 aromatic carbocycles. The third-order valence-corrected chi connectivity index (χ3v) is 10.0. The van der Waals surface area contributed by atoms with E-state index >= 15 is 0 Å². The minimum atomic E-state index is -0.617. The molecular formula is C29H32N4O4S2. The number of rotatable bonds is 7. The van der Waals surface area contributed by atoms with E-state index in [9.17, 15) is 4.79 Å². The molecule has 1 spiro atoms. The number of nitrogens with one attached hydrogen (secondary N) is 2. The van der Waals surface area contributed by atoms with Crippen LogP contribution < -0.4 is 20.1 Å². The first-order chi connectivity index (χ1) is 19.0. The Balaban J connectivity index is 1.25. The first-order valence-corrected chi connectivity index (χ1v) is 15.0. The molecule has 3 aromatic rings. The summed E-state index contributed by atoms with van der Waals surface area (Å²) < 4.78 is 17.4. The normalized spacial score (nSPS) is 23.2. The number of amides is 1. The zero-order valence-corrected chi connectivity index (χ0v) is 23.7. The van der Waals surface area contributed by atoms with Gasteiger partial charge in [0.2, 0.25) is 0 Å². The SMILES string of the molecule is COc1ccc(CNc2csc([C@]34COC5(CCC5)C[C@H]3CSC(NC(=O)c3ccccc3)=N4)n2)c(OC)c1. The number of hydrogen-bond donors (Lipinski definition) is 2. The second-order valence-corrected chi connectivity index (χ2v) is 12.1. The Morgan fingerprint density at radius 3 is 2.74 bits per heavy atom. The number of thioether (sulfide) groups is 1. The molecular weight excluding hydrogens is 532 g/mol. The maximum Gasteiger partial charge on any atom is 0.257 e. The fourth-order valence-corrected chi connectivity index (χ4v) is 7.67. The van der Waals surface area contributed by atoms with E-state index < -0.39 is 5.54 Å². The third-order valence-electron chi connectivity index (χ3n) is 7.96. The first-order valence-electron chi connectivity index (χ1n) is 13.2. The van der Waals surface area contributed by atoms with E-state index in [-0.39, 0.29) is 17.4 Å². The number of carbonyl (C=O) groups is 1. The number of fused-ring (bicyclic) bond motifs is 1. The van der Waals surface area contributed by atoms with Crippen molar-refractivity contribution >= 4 is 40.0 Å². The number of amidine groups is 1. The van der Waals surface area contributed by atoms with E-state index in [1.54, 1.807) is 37.3 Å². The van der Waals surface area contributed by atoms with Crippen LogP contribution in [0.1, 0.15) is 46.6 Å². The number of benzene rings is 2. The van der Waals surface area contributed by atoms with Gasteiger partial charge in [0, 0.05) is 40.8 Å². The third kappa shape index (κ3) is 5.13. The van der Waals surface area contributed by atoms with Crippen molar-refractivity contribution in [2.45, 2.75) is 43.4 Å². The first kappa shape index (κ1) is 26.2. The van der Waals surface area contributed by atoms with E-state index in [0.717, 1.165) is 52.9 Å². The van der Waals surface area contributed by atoms with Gasteiger partial charge in [-0.1, -0.05) is 30.0 Å². The molecule has 0 unspecified atom stereocenters. The van der Waals surface area contributed by atoms with E-state index in [2.05, 4.69) is 10.6 Å². The predicted molar refractivity (Wildman–Crippen MR) is 155 cm³/mol. The molecule has 2 aliphatic heterocycles. The van der Waals surface area contributed by atoms with Crippen molar-refractivity contribution in [1.82, 2.24) is 10.3 Å². The van der Waals surface area contributed by atoms with Gasteiger partial charge in [0.15, 0.2) is 5.17 Å². The van der Waals surface area contributed by atoms with Crippen molar-refractivity contribution in [2.24, 2.45) is 10.9 Å². The number of anilines is 1. The molecule has 2 N–H and O–H groups in total. The highest BCUT2D eigenvalue weighted by Gasteiger charge is 2.56. The molecule has 204 valence electrons. The lowest BCUT2D eigenvalue weighted by molar-refractivity contribution is -0.169. The maximum absolute atomic E-state index is 12.9. The van der Waals surface area contributed by atoms with Gasteiger partial charge in [-0.3, -0.25) is 4.79 Å². The highest BCUT2D eigenvalue weighted by molar-refractivity contribution is 8.13. The van der Waals surface area contributed by atoms with Crippen LogP contribution in [0.3, 0.4) is 0 Å². The molecule has 39 heavy (non-hydrogen) atoms. The summed E-state index contributed by atoms with van der Waals surface area (Å²) in [4.78, 5) is 23.1. The molecule has 1 saturated carbocycles. The summed E-state index contributed by atoms with van der Waals surface area (Å²) in [6, 6.07) is 15.0. The largest absolute Gasteiger partial charge is 0.497 e. The van der Waals surface area contributed by atoms with Crippen molar-refractivity contribution < 1.29 is 19.0 Å². The van der Waals surface area contributed by atoms with E-state index in [4.69, 9.17) is 24.2 Å². The van der Waals surface area contributed by atoms with Gasteiger partial charge < -0.3 is 24.8 Å². The van der Waals surface area contributed by atoms with Crippen molar-refractivity contribution in [3.05, 3.63) is 70.0 Å². The van der Waals surface area contributed by atoms with Crippen LogP contribution in [-0.4, -0.2) is 48.2 Å². The Hall–Kier alpha value is -3.08. The molecule has 0 radical (unpaired) electrons. The quantitative estimate of drug-likeness (QED) is 0.394. The Morgan fingerprint density at radius 2 is 2.00 bits per heavy atom. The van der Waals surface area contributed by atoms with Crippen LogP contribution in [0.4, 0.5) is 5.82 Å². The summed E-state index contributed by atoms with van der Waals surface area (Å²) in [5.74, 6) is 3.29. The second kappa shape index (κ2) is 10.8. The van der Waals surface area contributed by atoms with Crippen molar-refractivity contribution in [2.75, 3.05) is 31.9 Å². The number of hydrogen-bond acceptors (Lipinski definition) is 9. The molecule has 1 aromatic heterocycles. The average Bonchev–Trinajstić information content (AvgIpc) is 3.45. The predicted octanol–water partition coefficient (Wildman–Crippen LogP) is 5.46. The number of carbonyl (C=O) groups excluding carboxylic acids is 1. The number of thiazole rings is 1. The Morgan fingerprint density at radius 1 is 1.15 bits per heavy atom. The smallest absolute Gasteiger partial charge is 0.257 e. The fraction of sp³-hybridized carbons (Fsp3) is 0.414. The zero-order chi connectivity index (χ0) is 26.9. The summed E-state index contributed by atoms with van der Waals surface area (Å²) in [5.41, 5.74) is 0.987. The number of aromatic nitrogens is 1. The zero-order valence-electron chi connectivity index (χ0n) is 22.1. The van der Waals surface area contributed by atoms with Gasteiger partial charge in [-0.2, -0.15) is 0 Å². The highest BCUT2D eigenvalue weighted by atomic mass is 32.2. The lowest BCUT2D eigenvalue weighted by Crippen LogP contribution is -2.57. The minimum Gasteiger partial charge on any atom is -0.497 e. The van der Waals surface area contributed by atoms with Crippen LogP contribution in [0.25, 0.3) is 0 Å². The number of methoxy groups -OCH3 is 2. The van der Waals surface area contributed by atoms with Gasteiger partial charge in [0.05, 0.1) is 26.4 Å². The van der Waals surface area contributed by atoms with Gasteiger partial charge in [-0.15, -0.1) is 11.3 Å². The molecule has 1 saturated heterocycles. The van der Waals surface area contributed by atoms with Crippen molar-refractivity contribution in [3.63, 3.8) is 0 Å². The van der Waals surface area contributed by atoms with E-state index in [1.807, 2.05) is 53.9 Å². The van der Waals surface area contributed by atoms with E-state index in [0.29, 0.717) is 23.9 Å². The van der Waals surface area contributed by atoms with Crippen LogP contribution in [0.5, 0.6) is 11.5 Å². The van der Waals surface area contributed by atoms with Crippen LogP contribution in [0, 0.1) is 5.92 Å². The highest BCUT2D eigenvalue weighted by Crippen LogP contribution is 2.54. The minimum absolute atomic E-state index is 0.0156. The van der Waals surface area contributed by atoms with Crippen molar-refractivity contribution in [3.8, 4) is 11.5 Å². The molecule has 3 heterocycles. The Bertz CT molecular complexity index is 1370. The molecule has 3 aliphatic rings. The number of nitrogens with zero attached hydrogens (tertiary/aromatic N) is 2. The van der Waals surface area contributed by atoms with Gasteiger partial charge in [-0.05, 0) is 49.9 Å². The molecule has 0 bridgehead atoms. The Labute approximate surface area is 236 Å². The van der Waals surface area contributed by atoms with Crippen LogP contribution in [0.2, 0.25) is 0 Å². The monoisotopic (exact) mass is 564 g/mol. The summed E-state index contributed by atoms with van der Waals surface area (Å²) in [6.07, 6.45) is 4.41. The summed E-state index contributed by atoms with van der Waals surface area (Å²) in [7, 11) is 3.30. The second-order valence-electron chi connectivity index (χ2n) is 10.3. The van der Waals surface area contributed by atoms with Gasteiger partial charge in [0.25, 0.3) is 5.91 Å². The number of ether oxygens (including phenoxy) is 3. The standard InChI is InChI=1S/C29H32N4O4S2/c1-35-22-10-9-20(23(13-22)36-2)15-30-24-17-38-26(31-24)29-18-37-28(11-6-12-28)14-21(29)16-39-27(33-29)32-25(34)19-7-4-3-5-8-19/h3-5,7-10,13,17,21,30H,6,11-12,14-16,18H2,1-2H3,(H,32,33,34)/t21-,29-/m0/s1. The van der Waals surface area contributed by atoms with Crippen LogP contribution in [0.15, 0.2) is 58.9 Å². The molecule has 10 heteroatoms. The van der Waals surface area contributed by atoms with Gasteiger partial charge in [-0.25, -0.2) is 9.98 Å². The maximum atomic E-state index is 12.9. The fourth-order valence-electron chi connectivity index (χ4n) is 5.54. The van der Waals surface area contributed by atoms with Crippen molar-refractivity contribution in [1.29, 1.82) is 0 Å². The van der Waals surface area contributed by atoms with Gasteiger partial charge >= 0.3 is 0 Å². The summed E-state index contributed by atoms with van der Waals surface area (Å²) >= 11 is 3.21. The van der Waals surface area contributed by atoms with Gasteiger partial charge in [0.1, 0.15) is 27.9 Å². The average molecular weight is 565 g/mol. The van der Waals surface area contributed by atoms with Crippen LogP contribution in [-0.2, 0) is 16.8 Å². The molecule has 2 fully saturated rings. The lowest BCUT2D eigenvalue weighted by Gasteiger charge is -2.54. The summed E-state index contributed by atoms with van der Waals surface area (Å²) in [6.45, 7) is 1.03. The van der Waals surface area contributed by atoms with Crippen LogP contribution >= 0.6 is 23.1 Å².